The second-order valence-electron chi connectivity index (χ2n) is 4.58. The van der Waals surface area contributed by atoms with E-state index in [1.54, 1.807) is 12.1 Å². The van der Waals surface area contributed by atoms with Crippen molar-refractivity contribution in [2.75, 3.05) is 6.54 Å². The van der Waals surface area contributed by atoms with E-state index in [2.05, 4.69) is 12.2 Å². The largest absolute Gasteiger partial charge is 0.508 e. The lowest BCUT2D eigenvalue weighted by Gasteiger charge is -2.12. The number of unbranched alkanes of at least 4 members (excludes halogenated alkanes) is 1. The van der Waals surface area contributed by atoms with Gasteiger partial charge in [0.2, 0.25) is 5.91 Å². The number of phenolic OH excluding ortho intramolecular Hbond substituents is 1. The van der Waals surface area contributed by atoms with Gasteiger partial charge in [0, 0.05) is 6.54 Å². The van der Waals surface area contributed by atoms with E-state index in [4.69, 9.17) is 5.73 Å². The molecule has 0 saturated heterocycles. The van der Waals surface area contributed by atoms with E-state index < -0.39 is 6.04 Å². The van der Waals surface area contributed by atoms with Crippen LogP contribution in [-0.4, -0.2) is 23.6 Å². The Labute approximate surface area is 108 Å². The van der Waals surface area contributed by atoms with Crippen molar-refractivity contribution in [2.24, 2.45) is 5.73 Å². The molecule has 0 fully saturated rings. The van der Waals surface area contributed by atoms with Crippen molar-refractivity contribution in [1.82, 2.24) is 5.32 Å². The number of benzene rings is 1. The van der Waals surface area contributed by atoms with Gasteiger partial charge >= 0.3 is 0 Å². The highest BCUT2D eigenvalue weighted by Crippen LogP contribution is 2.17. The van der Waals surface area contributed by atoms with Gasteiger partial charge in [0.05, 0.1) is 6.04 Å². The first kappa shape index (κ1) is 14.5. The molecule has 0 aliphatic heterocycles. The molecule has 0 radical (unpaired) electrons. The van der Waals surface area contributed by atoms with Crippen LogP contribution in [-0.2, 0) is 11.2 Å². The van der Waals surface area contributed by atoms with Gasteiger partial charge in [0.15, 0.2) is 0 Å². The molecule has 1 atom stereocenters. The van der Waals surface area contributed by atoms with Crippen LogP contribution >= 0.6 is 0 Å². The van der Waals surface area contributed by atoms with E-state index >= 15 is 0 Å². The first-order valence-corrected chi connectivity index (χ1v) is 6.36. The summed E-state index contributed by atoms with van der Waals surface area (Å²) in [7, 11) is 0. The number of phenols is 1. The standard InChI is InChI=1S/C14H22N2O2/c1-3-4-7-16-14(18)12(15)9-11-5-6-13(17)10(2)8-11/h5-6,8,12,17H,3-4,7,9,15H2,1-2H3,(H,16,18). The van der Waals surface area contributed by atoms with Crippen molar-refractivity contribution in [2.45, 2.75) is 39.2 Å². The highest BCUT2D eigenvalue weighted by atomic mass is 16.3. The SMILES string of the molecule is CCCCNC(=O)C(N)Cc1ccc(O)c(C)c1. The third kappa shape index (κ3) is 4.37. The summed E-state index contributed by atoms with van der Waals surface area (Å²) in [5.41, 5.74) is 7.60. The Kier molecular flexibility index (Phi) is 5.65. The Balaban J connectivity index is 2.50. The number of carbonyl (C=O) groups excluding carboxylic acids is 1. The van der Waals surface area contributed by atoms with Crippen molar-refractivity contribution in [1.29, 1.82) is 0 Å². The van der Waals surface area contributed by atoms with E-state index in [0.29, 0.717) is 13.0 Å². The summed E-state index contributed by atoms with van der Waals surface area (Å²) in [5.74, 6) is 0.147. The topological polar surface area (TPSA) is 75.4 Å². The van der Waals surface area contributed by atoms with Gasteiger partial charge in [-0.2, -0.15) is 0 Å². The van der Waals surface area contributed by atoms with Gasteiger partial charge in [-0.15, -0.1) is 0 Å². The van der Waals surface area contributed by atoms with Crippen LogP contribution in [0, 0.1) is 6.92 Å². The van der Waals surface area contributed by atoms with E-state index in [1.165, 1.54) is 0 Å². The van der Waals surface area contributed by atoms with Crippen LogP contribution in [0.3, 0.4) is 0 Å². The maximum atomic E-state index is 11.7. The Morgan fingerprint density at radius 2 is 2.22 bits per heavy atom. The Hall–Kier alpha value is -1.55. The van der Waals surface area contributed by atoms with E-state index in [1.807, 2.05) is 13.0 Å². The molecule has 4 N–H and O–H groups in total. The number of hydrogen-bond acceptors (Lipinski definition) is 3. The van der Waals surface area contributed by atoms with Crippen LogP contribution in [0.4, 0.5) is 0 Å². The number of amides is 1. The minimum atomic E-state index is -0.536. The molecule has 4 nitrogen and oxygen atoms in total. The highest BCUT2D eigenvalue weighted by molar-refractivity contribution is 5.81. The fraction of sp³-hybridized carbons (Fsp3) is 0.500. The van der Waals surface area contributed by atoms with Crippen LogP contribution in [0.1, 0.15) is 30.9 Å². The Morgan fingerprint density at radius 3 is 2.83 bits per heavy atom. The van der Waals surface area contributed by atoms with Crippen LogP contribution in [0.2, 0.25) is 0 Å². The van der Waals surface area contributed by atoms with Crippen molar-refractivity contribution in [3.63, 3.8) is 0 Å². The predicted octanol–water partition coefficient (Wildman–Crippen LogP) is 1.49. The molecule has 0 aliphatic rings. The quantitative estimate of drug-likeness (QED) is 0.669. The van der Waals surface area contributed by atoms with E-state index in [9.17, 15) is 9.90 Å². The van der Waals surface area contributed by atoms with Gasteiger partial charge in [-0.1, -0.05) is 25.5 Å². The van der Waals surface area contributed by atoms with Crippen LogP contribution in [0.15, 0.2) is 18.2 Å². The highest BCUT2D eigenvalue weighted by Gasteiger charge is 2.13. The third-order valence-electron chi connectivity index (χ3n) is 2.88. The minimum absolute atomic E-state index is 0.117. The maximum Gasteiger partial charge on any atom is 0.237 e. The molecule has 0 spiro atoms. The summed E-state index contributed by atoms with van der Waals surface area (Å²) in [5, 5.41) is 12.2. The number of hydrogen-bond donors (Lipinski definition) is 3. The molecule has 1 unspecified atom stereocenters. The second-order valence-corrected chi connectivity index (χ2v) is 4.58. The first-order chi connectivity index (χ1) is 8.54. The summed E-state index contributed by atoms with van der Waals surface area (Å²) in [6.07, 6.45) is 2.50. The molecule has 1 aromatic rings. The number of carbonyl (C=O) groups is 1. The molecule has 1 aromatic carbocycles. The molecule has 0 aromatic heterocycles. The molecule has 0 bridgehead atoms. The summed E-state index contributed by atoms with van der Waals surface area (Å²) >= 11 is 0. The molecule has 1 amide bonds. The molecule has 0 aliphatic carbocycles. The molecular formula is C14H22N2O2. The molecule has 0 saturated carbocycles. The monoisotopic (exact) mass is 250 g/mol. The maximum absolute atomic E-state index is 11.7. The zero-order valence-electron chi connectivity index (χ0n) is 11.1. The Bertz CT molecular complexity index is 405. The number of aryl methyl sites for hydroxylation is 1. The van der Waals surface area contributed by atoms with Crippen molar-refractivity contribution < 1.29 is 9.90 Å². The molecule has 4 heteroatoms. The predicted molar refractivity (Wildman–Crippen MR) is 72.4 cm³/mol. The lowest BCUT2D eigenvalue weighted by Crippen LogP contribution is -2.42. The lowest BCUT2D eigenvalue weighted by atomic mass is 10.0. The number of nitrogens with one attached hydrogen (secondary N) is 1. The van der Waals surface area contributed by atoms with Crippen molar-refractivity contribution in [3.8, 4) is 5.75 Å². The molecular weight excluding hydrogens is 228 g/mol. The van der Waals surface area contributed by atoms with Gasteiger partial charge in [0.1, 0.15) is 5.75 Å². The summed E-state index contributed by atoms with van der Waals surface area (Å²) in [6, 6.07) is 4.74. The van der Waals surface area contributed by atoms with Gasteiger partial charge < -0.3 is 16.2 Å². The van der Waals surface area contributed by atoms with Gasteiger partial charge in [0.25, 0.3) is 0 Å². The molecule has 18 heavy (non-hydrogen) atoms. The summed E-state index contributed by atoms with van der Waals surface area (Å²) in [4.78, 5) is 11.7. The van der Waals surface area contributed by atoms with Crippen LogP contribution in [0.25, 0.3) is 0 Å². The molecule has 0 heterocycles. The summed E-state index contributed by atoms with van der Waals surface area (Å²) < 4.78 is 0. The smallest absolute Gasteiger partial charge is 0.237 e. The number of nitrogens with two attached hydrogens (primary N) is 1. The zero-order valence-corrected chi connectivity index (χ0v) is 11.1. The second kappa shape index (κ2) is 7.01. The fourth-order valence-corrected chi connectivity index (χ4v) is 1.71. The van der Waals surface area contributed by atoms with Gasteiger partial charge in [-0.05, 0) is 37.0 Å². The minimum Gasteiger partial charge on any atom is -0.508 e. The number of rotatable bonds is 6. The van der Waals surface area contributed by atoms with Crippen LogP contribution < -0.4 is 11.1 Å². The molecule has 1 rings (SSSR count). The van der Waals surface area contributed by atoms with Gasteiger partial charge in [-0.25, -0.2) is 0 Å². The normalized spacial score (nSPS) is 12.2. The fourth-order valence-electron chi connectivity index (χ4n) is 1.71. The first-order valence-electron chi connectivity index (χ1n) is 6.36. The van der Waals surface area contributed by atoms with E-state index in [0.717, 1.165) is 24.0 Å². The van der Waals surface area contributed by atoms with Crippen molar-refractivity contribution >= 4 is 5.91 Å². The summed E-state index contributed by atoms with van der Waals surface area (Å²) in [6.45, 7) is 4.58. The van der Waals surface area contributed by atoms with Crippen molar-refractivity contribution in [3.05, 3.63) is 29.3 Å². The van der Waals surface area contributed by atoms with Gasteiger partial charge in [-0.3, -0.25) is 4.79 Å². The average Bonchev–Trinajstić information content (AvgIpc) is 2.34. The average molecular weight is 250 g/mol. The number of aromatic hydroxyl groups is 1. The Morgan fingerprint density at radius 1 is 1.50 bits per heavy atom. The van der Waals surface area contributed by atoms with E-state index in [-0.39, 0.29) is 11.7 Å². The zero-order chi connectivity index (χ0) is 13.5. The third-order valence-corrected chi connectivity index (χ3v) is 2.88. The molecule has 100 valence electrons. The van der Waals surface area contributed by atoms with Crippen LogP contribution in [0.5, 0.6) is 5.75 Å². The lowest BCUT2D eigenvalue weighted by molar-refractivity contribution is -0.122.